The third-order valence-electron chi connectivity index (χ3n) is 5.39. The molecule has 0 bridgehead atoms. The number of nitriles is 1. The fourth-order valence-electron chi connectivity index (χ4n) is 3.63. The van der Waals surface area contributed by atoms with Crippen LogP contribution in [0.3, 0.4) is 0 Å². The van der Waals surface area contributed by atoms with E-state index in [-0.39, 0.29) is 4.90 Å². The third-order valence-corrected chi connectivity index (χ3v) is 8.05. The van der Waals surface area contributed by atoms with Crippen LogP contribution in [-0.2, 0) is 37.2 Å². The largest absolute Gasteiger partial charge is 0.454 e. The Bertz CT molecular complexity index is 1150. The monoisotopic (exact) mass is 489 g/mol. The first-order valence-corrected chi connectivity index (χ1v) is 13.1. The van der Waals surface area contributed by atoms with Crippen molar-refractivity contribution in [2.45, 2.75) is 56.9 Å². The number of carbonyl (C=O) groups is 2. The first kappa shape index (κ1) is 24.9. The van der Waals surface area contributed by atoms with Crippen molar-refractivity contribution in [1.29, 1.82) is 5.26 Å². The summed E-state index contributed by atoms with van der Waals surface area (Å²) in [4.78, 5) is 26.2. The van der Waals surface area contributed by atoms with Crippen LogP contribution >= 0.6 is 11.3 Å². The fourth-order valence-corrected chi connectivity index (χ4v) is 6.24. The maximum atomic E-state index is 12.6. The maximum absolute atomic E-state index is 12.6. The molecule has 1 atom stereocenters. The fraction of sp³-hybridized carbons (Fsp3) is 0.435. The highest BCUT2D eigenvalue weighted by Crippen LogP contribution is 2.36. The van der Waals surface area contributed by atoms with E-state index in [1.54, 1.807) is 32.0 Å². The number of fused-ring (bicyclic) bond motifs is 1. The zero-order valence-electron chi connectivity index (χ0n) is 18.6. The molecule has 10 heteroatoms. The minimum Gasteiger partial charge on any atom is -0.454 e. The summed E-state index contributed by atoms with van der Waals surface area (Å²) >= 11 is 1.39. The summed E-state index contributed by atoms with van der Waals surface area (Å²) in [5, 5.41) is 12.7. The van der Waals surface area contributed by atoms with Gasteiger partial charge in [0.15, 0.2) is 6.61 Å². The second-order valence-electron chi connectivity index (χ2n) is 8.19. The lowest BCUT2D eigenvalue weighted by Crippen LogP contribution is -2.45. The number of carbonyl (C=O) groups excluding carboxylic acids is 2. The van der Waals surface area contributed by atoms with Crippen molar-refractivity contribution >= 4 is 38.2 Å². The second-order valence-corrected chi connectivity index (χ2v) is 11.0. The highest BCUT2D eigenvalue weighted by atomic mass is 32.2. The Morgan fingerprint density at radius 3 is 2.52 bits per heavy atom. The first-order valence-electron chi connectivity index (χ1n) is 10.8. The third kappa shape index (κ3) is 6.19. The van der Waals surface area contributed by atoms with E-state index in [1.165, 1.54) is 23.5 Å². The van der Waals surface area contributed by atoms with Gasteiger partial charge in [-0.05, 0) is 49.3 Å². The van der Waals surface area contributed by atoms with Crippen molar-refractivity contribution in [2.75, 3.05) is 11.9 Å². The van der Waals surface area contributed by atoms with E-state index in [1.807, 2.05) is 0 Å². The van der Waals surface area contributed by atoms with Gasteiger partial charge in [-0.15, -0.1) is 11.3 Å². The number of amides is 1. The van der Waals surface area contributed by atoms with Crippen LogP contribution in [0.15, 0.2) is 35.2 Å². The van der Waals surface area contributed by atoms with Crippen molar-refractivity contribution in [3.05, 3.63) is 46.3 Å². The molecule has 2 N–H and O–H groups in total. The van der Waals surface area contributed by atoms with Gasteiger partial charge >= 0.3 is 5.97 Å². The molecule has 0 saturated carbocycles. The number of sulfonamides is 1. The van der Waals surface area contributed by atoms with Gasteiger partial charge in [0.25, 0.3) is 5.91 Å². The number of ether oxygens (including phenoxy) is 1. The quantitative estimate of drug-likeness (QED) is 0.433. The molecule has 2 aromatic rings. The van der Waals surface area contributed by atoms with Crippen molar-refractivity contribution in [1.82, 2.24) is 4.72 Å². The molecule has 1 amide bonds. The molecular formula is C23H27N3O5S2. The summed E-state index contributed by atoms with van der Waals surface area (Å²) in [5.41, 5.74) is 1.48. The standard InChI is InChI=1S/C23H27N3O5S2/c1-15(2)21(26-33(29,30)16-9-5-3-6-10-16)23(28)31-14-20(27)25-22-18(13-24)17-11-7-4-8-12-19(17)32-22/h3,5-6,9-10,15,21,26H,4,7-8,11-12,14H2,1-2H3,(H,25,27). The molecule has 1 heterocycles. The molecule has 1 aromatic carbocycles. The lowest BCUT2D eigenvalue weighted by Gasteiger charge is -2.20. The summed E-state index contributed by atoms with van der Waals surface area (Å²) in [6.07, 6.45) is 4.89. The Morgan fingerprint density at radius 1 is 1.15 bits per heavy atom. The second kappa shape index (κ2) is 10.9. The Labute approximate surface area is 198 Å². The molecule has 1 unspecified atom stereocenters. The van der Waals surface area contributed by atoms with Crippen molar-refractivity contribution in [3.63, 3.8) is 0 Å². The summed E-state index contributed by atoms with van der Waals surface area (Å²) in [7, 11) is -3.94. The Kier molecular flexibility index (Phi) is 8.24. The molecule has 3 rings (SSSR count). The number of thiophene rings is 1. The van der Waals surface area contributed by atoms with E-state index >= 15 is 0 Å². The van der Waals surface area contributed by atoms with Gasteiger partial charge in [-0.2, -0.15) is 9.98 Å². The topological polar surface area (TPSA) is 125 Å². The molecule has 8 nitrogen and oxygen atoms in total. The van der Waals surface area contributed by atoms with Gasteiger partial charge in [0.1, 0.15) is 17.1 Å². The maximum Gasteiger partial charge on any atom is 0.324 e. The first-order chi connectivity index (χ1) is 15.7. The predicted molar refractivity (Wildman–Crippen MR) is 125 cm³/mol. The van der Waals surface area contributed by atoms with E-state index in [0.717, 1.165) is 42.5 Å². The lowest BCUT2D eigenvalue weighted by molar-refractivity contribution is -0.150. The zero-order chi connectivity index (χ0) is 24.0. The Balaban J connectivity index is 1.63. The van der Waals surface area contributed by atoms with E-state index in [0.29, 0.717) is 10.6 Å². The van der Waals surface area contributed by atoms with Gasteiger partial charge in [-0.1, -0.05) is 38.5 Å². The van der Waals surface area contributed by atoms with Crippen molar-refractivity contribution < 1.29 is 22.7 Å². The molecule has 0 aliphatic heterocycles. The van der Waals surface area contributed by atoms with Crippen LogP contribution in [0.4, 0.5) is 5.00 Å². The summed E-state index contributed by atoms with van der Waals surface area (Å²) in [6, 6.07) is 8.74. The summed E-state index contributed by atoms with van der Waals surface area (Å²) in [6.45, 7) is 2.78. The normalized spacial score (nSPS) is 14.6. The number of benzene rings is 1. The lowest BCUT2D eigenvalue weighted by atomic mass is 10.1. The van der Waals surface area contributed by atoms with E-state index in [4.69, 9.17) is 4.74 Å². The van der Waals surface area contributed by atoms with Crippen LogP contribution in [-0.4, -0.2) is 32.9 Å². The molecule has 0 radical (unpaired) electrons. The molecule has 1 aliphatic rings. The minimum atomic E-state index is -3.94. The molecule has 0 saturated heterocycles. The number of esters is 1. The number of rotatable bonds is 8. The van der Waals surface area contributed by atoms with E-state index < -0.39 is 40.5 Å². The minimum absolute atomic E-state index is 0.0303. The molecule has 33 heavy (non-hydrogen) atoms. The van der Waals surface area contributed by atoms with Crippen LogP contribution in [0.2, 0.25) is 0 Å². The average Bonchev–Trinajstić information content (AvgIpc) is 2.94. The van der Waals surface area contributed by atoms with Crippen LogP contribution in [0.1, 0.15) is 49.1 Å². The molecule has 176 valence electrons. The van der Waals surface area contributed by atoms with Gasteiger partial charge in [0, 0.05) is 4.88 Å². The highest BCUT2D eigenvalue weighted by Gasteiger charge is 2.30. The number of aryl methyl sites for hydroxylation is 1. The molecule has 0 spiro atoms. The SMILES string of the molecule is CC(C)C(NS(=O)(=O)c1ccccc1)C(=O)OCC(=O)Nc1sc2c(c1C#N)CCCCC2. The van der Waals surface area contributed by atoms with E-state index in [9.17, 15) is 23.3 Å². The Hall–Kier alpha value is -2.74. The average molecular weight is 490 g/mol. The highest BCUT2D eigenvalue weighted by molar-refractivity contribution is 7.89. The van der Waals surface area contributed by atoms with Crippen LogP contribution in [0.5, 0.6) is 0 Å². The Morgan fingerprint density at radius 2 is 1.85 bits per heavy atom. The van der Waals surface area contributed by atoms with Gasteiger partial charge in [0.2, 0.25) is 10.0 Å². The van der Waals surface area contributed by atoms with Gasteiger partial charge < -0.3 is 10.1 Å². The summed E-state index contributed by atoms with van der Waals surface area (Å²) in [5.74, 6) is -1.83. The van der Waals surface area contributed by atoms with Crippen LogP contribution in [0, 0.1) is 17.2 Å². The van der Waals surface area contributed by atoms with Crippen LogP contribution in [0.25, 0.3) is 0 Å². The molecular weight excluding hydrogens is 462 g/mol. The molecule has 1 aromatic heterocycles. The number of nitrogens with one attached hydrogen (secondary N) is 2. The zero-order valence-corrected chi connectivity index (χ0v) is 20.2. The van der Waals surface area contributed by atoms with Crippen molar-refractivity contribution in [2.24, 2.45) is 5.92 Å². The predicted octanol–water partition coefficient (Wildman–Crippen LogP) is 3.37. The number of anilines is 1. The van der Waals surface area contributed by atoms with Crippen molar-refractivity contribution in [3.8, 4) is 6.07 Å². The number of hydrogen-bond donors (Lipinski definition) is 2. The van der Waals surface area contributed by atoms with Gasteiger partial charge in [0.05, 0.1) is 10.5 Å². The smallest absolute Gasteiger partial charge is 0.324 e. The molecule has 0 fully saturated rings. The number of hydrogen-bond acceptors (Lipinski definition) is 7. The molecule has 1 aliphatic carbocycles. The van der Waals surface area contributed by atoms with Crippen LogP contribution < -0.4 is 10.0 Å². The van der Waals surface area contributed by atoms with Gasteiger partial charge in [-0.25, -0.2) is 8.42 Å². The number of nitrogens with zero attached hydrogens (tertiary/aromatic N) is 1. The van der Waals surface area contributed by atoms with Gasteiger partial charge in [-0.3, -0.25) is 9.59 Å². The van der Waals surface area contributed by atoms with E-state index in [2.05, 4.69) is 16.1 Å². The summed E-state index contributed by atoms with van der Waals surface area (Å²) < 4.78 is 32.7.